The minimum absolute atomic E-state index is 0.174. The normalized spacial score (nSPS) is 14.4. The van der Waals surface area contributed by atoms with Gasteiger partial charge in [0.25, 0.3) is 0 Å². The van der Waals surface area contributed by atoms with Crippen molar-refractivity contribution < 1.29 is 15.0 Å². The Morgan fingerprint density at radius 2 is 2.29 bits per heavy atom. The molecule has 0 saturated carbocycles. The van der Waals surface area contributed by atoms with Gasteiger partial charge in [0.05, 0.1) is 6.10 Å². The van der Waals surface area contributed by atoms with Gasteiger partial charge in [0.15, 0.2) is 5.82 Å². The van der Waals surface area contributed by atoms with Crippen molar-refractivity contribution >= 4 is 11.7 Å². The zero-order valence-corrected chi connectivity index (χ0v) is 9.92. The van der Waals surface area contributed by atoms with Crippen LogP contribution >= 0.6 is 0 Å². The van der Waals surface area contributed by atoms with Crippen molar-refractivity contribution in [3.8, 4) is 0 Å². The lowest BCUT2D eigenvalue weighted by Crippen LogP contribution is -2.27. The summed E-state index contributed by atoms with van der Waals surface area (Å²) in [5.74, 6) is 0.0196. The first-order valence-electron chi connectivity index (χ1n) is 5.31. The summed E-state index contributed by atoms with van der Waals surface area (Å²) < 4.78 is 1.47. The Bertz CT molecular complexity index is 391. The second-order valence-electron chi connectivity index (χ2n) is 3.93. The predicted molar refractivity (Wildman–Crippen MR) is 61.9 cm³/mol. The van der Waals surface area contributed by atoms with Crippen LogP contribution < -0.4 is 11.1 Å². The Balaban J connectivity index is 2.54. The van der Waals surface area contributed by atoms with Gasteiger partial charge in [-0.25, -0.2) is 0 Å². The highest BCUT2D eigenvalue weighted by Crippen LogP contribution is 2.22. The van der Waals surface area contributed by atoms with Crippen LogP contribution in [0.3, 0.4) is 0 Å². The molecule has 0 radical (unpaired) electrons. The second-order valence-corrected chi connectivity index (χ2v) is 3.93. The second kappa shape index (κ2) is 5.65. The van der Waals surface area contributed by atoms with Gasteiger partial charge in [0, 0.05) is 32.3 Å². The highest BCUT2D eigenvalue weighted by molar-refractivity contribution is 5.72. The number of hydrogen-bond donors (Lipinski definition) is 4. The van der Waals surface area contributed by atoms with Gasteiger partial charge in [-0.2, -0.15) is 5.10 Å². The molecule has 1 heterocycles. The van der Waals surface area contributed by atoms with Gasteiger partial charge in [-0.3, -0.25) is 9.48 Å². The maximum Gasteiger partial charge on any atom is 0.216 e. The molecule has 1 aromatic rings. The molecule has 1 rings (SSSR count). The first-order valence-corrected chi connectivity index (χ1v) is 5.31. The summed E-state index contributed by atoms with van der Waals surface area (Å²) in [7, 11) is 1.68. The lowest BCUT2D eigenvalue weighted by Gasteiger charge is -2.17. The van der Waals surface area contributed by atoms with E-state index in [2.05, 4.69) is 10.4 Å². The first-order chi connectivity index (χ1) is 7.91. The molecule has 2 atom stereocenters. The van der Waals surface area contributed by atoms with E-state index in [0.29, 0.717) is 12.1 Å². The van der Waals surface area contributed by atoms with Crippen LogP contribution in [0.25, 0.3) is 0 Å². The molecule has 96 valence electrons. The number of aliphatic hydroxyl groups is 2. The van der Waals surface area contributed by atoms with E-state index in [9.17, 15) is 15.0 Å². The quantitative estimate of drug-likeness (QED) is 0.524. The number of carbonyl (C=O) groups is 1. The molecule has 5 N–H and O–H groups in total. The number of nitrogen functional groups attached to an aromatic ring is 1. The summed E-state index contributed by atoms with van der Waals surface area (Å²) in [6.07, 6.45) is -0.290. The van der Waals surface area contributed by atoms with Crippen LogP contribution in [-0.4, -0.2) is 38.5 Å². The standard InChI is InChI=1S/C10H18N4O3/c1-6(15)12-4-3-8(16)9(17)7-5-14(2)13-10(7)11/h5,8-9,16-17H,3-4H2,1-2H3,(H2,11,13)(H,12,15). The summed E-state index contributed by atoms with van der Waals surface area (Å²) in [6, 6.07) is 0. The number of carbonyl (C=O) groups excluding carboxylic acids is 1. The van der Waals surface area contributed by atoms with Crippen LogP contribution in [0.4, 0.5) is 5.82 Å². The van der Waals surface area contributed by atoms with Gasteiger partial charge in [0.1, 0.15) is 6.10 Å². The van der Waals surface area contributed by atoms with Crippen LogP contribution in [0.5, 0.6) is 0 Å². The minimum Gasteiger partial charge on any atom is -0.390 e. The van der Waals surface area contributed by atoms with Gasteiger partial charge in [-0.1, -0.05) is 0 Å². The zero-order valence-electron chi connectivity index (χ0n) is 9.92. The molecule has 2 unspecified atom stereocenters. The fourth-order valence-electron chi connectivity index (χ4n) is 1.51. The molecule has 0 aromatic carbocycles. The molecule has 1 aromatic heterocycles. The molecular weight excluding hydrogens is 224 g/mol. The molecule has 7 heteroatoms. The lowest BCUT2D eigenvalue weighted by atomic mass is 10.0. The third-order valence-corrected chi connectivity index (χ3v) is 2.38. The fraction of sp³-hybridized carbons (Fsp3) is 0.600. The van der Waals surface area contributed by atoms with Crippen molar-refractivity contribution in [1.82, 2.24) is 15.1 Å². The van der Waals surface area contributed by atoms with E-state index < -0.39 is 12.2 Å². The van der Waals surface area contributed by atoms with Gasteiger partial charge in [-0.15, -0.1) is 0 Å². The number of amides is 1. The van der Waals surface area contributed by atoms with E-state index in [0.717, 1.165) is 0 Å². The largest absolute Gasteiger partial charge is 0.390 e. The zero-order chi connectivity index (χ0) is 13.0. The highest BCUT2D eigenvalue weighted by Gasteiger charge is 2.22. The van der Waals surface area contributed by atoms with E-state index >= 15 is 0 Å². The van der Waals surface area contributed by atoms with Crippen LogP contribution in [0.2, 0.25) is 0 Å². The first kappa shape index (κ1) is 13.5. The Kier molecular flexibility index (Phi) is 4.47. The van der Waals surface area contributed by atoms with Gasteiger partial charge in [-0.05, 0) is 6.42 Å². The van der Waals surface area contributed by atoms with E-state index in [1.54, 1.807) is 13.2 Å². The van der Waals surface area contributed by atoms with Crippen molar-refractivity contribution in [2.75, 3.05) is 12.3 Å². The number of aryl methyl sites for hydroxylation is 1. The summed E-state index contributed by atoms with van der Waals surface area (Å²) in [5.41, 5.74) is 5.98. The number of rotatable bonds is 5. The maximum atomic E-state index is 10.6. The summed E-state index contributed by atoms with van der Waals surface area (Å²) in [5, 5.41) is 26.0. The molecule has 0 saturated heterocycles. The Morgan fingerprint density at radius 1 is 1.65 bits per heavy atom. The van der Waals surface area contributed by atoms with Gasteiger partial charge >= 0.3 is 0 Å². The lowest BCUT2D eigenvalue weighted by molar-refractivity contribution is -0.119. The topological polar surface area (TPSA) is 113 Å². The summed E-state index contributed by atoms with van der Waals surface area (Å²) in [4.78, 5) is 10.6. The van der Waals surface area contributed by atoms with E-state index in [1.807, 2.05) is 0 Å². The third-order valence-electron chi connectivity index (χ3n) is 2.38. The minimum atomic E-state index is -1.10. The monoisotopic (exact) mass is 242 g/mol. The molecule has 0 aliphatic carbocycles. The van der Waals surface area contributed by atoms with Crippen molar-refractivity contribution in [3.05, 3.63) is 11.8 Å². The average molecular weight is 242 g/mol. The van der Waals surface area contributed by atoms with Crippen molar-refractivity contribution in [1.29, 1.82) is 0 Å². The molecule has 1 amide bonds. The van der Waals surface area contributed by atoms with Crippen molar-refractivity contribution in [2.24, 2.45) is 7.05 Å². The van der Waals surface area contributed by atoms with E-state index in [-0.39, 0.29) is 18.1 Å². The van der Waals surface area contributed by atoms with Crippen molar-refractivity contribution in [2.45, 2.75) is 25.6 Å². The molecule has 7 nitrogen and oxygen atoms in total. The summed E-state index contributed by atoms with van der Waals surface area (Å²) in [6.45, 7) is 1.69. The number of aliphatic hydroxyl groups excluding tert-OH is 2. The Labute approximate surface area is 99.2 Å². The number of aromatic nitrogens is 2. The van der Waals surface area contributed by atoms with E-state index in [1.165, 1.54) is 11.6 Å². The van der Waals surface area contributed by atoms with Crippen molar-refractivity contribution in [3.63, 3.8) is 0 Å². The molecule has 0 spiro atoms. The number of nitrogens with two attached hydrogens (primary N) is 1. The van der Waals surface area contributed by atoms with Crippen LogP contribution in [0, 0.1) is 0 Å². The van der Waals surface area contributed by atoms with Gasteiger partial charge < -0.3 is 21.3 Å². The Hall–Kier alpha value is -1.60. The smallest absolute Gasteiger partial charge is 0.216 e. The Morgan fingerprint density at radius 3 is 2.76 bits per heavy atom. The van der Waals surface area contributed by atoms with E-state index in [4.69, 9.17) is 5.73 Å². The van der Waals surface area contributed by atoms with Crippen LogP contribution in [0.1, 0.15) is 25.0 Å². The molecule has 17 heavy (non-hydrogen) atoms. The highest BCUT2D eigenvalue weighted by atomic mass is 16.3. The number of anilines is 1. The third kappa shape index (κ3) is 3.72. The number of nitrogens with one attached hydrogen (secondary N) is 1. The number of hydrogen-bond acceptors (Lipinski definition) is 5. The van der Waals surface area contributed by atoms with Crippen LogP contribution in [-0.2, 0) is 11.8 Å². The van der Waals surface area contributed by atoms with Crippen LogP contribution in [0.15, 0.2) is 6.20 Å². The molecule has 0 bridgehead atoms. The molecule has 0 aliphatic rings. The SMILES string of the molecule is CC(=O)NCCC(O)C(O)c1cn(C)nc1N. The molecular formula is C10H18N4O3. The average Bonchev–Trinajstić information content (AvgIpc) is 2.56. The maximum absolute atomic E-state index is 10.6. The van der Waals surface area contributed by atoms with Gasteiger partial charge in [0.2, 0.25) is 5.91 Å². The number of nitrogens with zero attached hydrogens (tertiary/aromatic N) is 2. The fourth-order valence-corrected chi connectivity index (χ4v) is 1.51. The molecule has 0 aliphatic heterocycles. The molecule has 0 fully saturated rings. The predicted octanol–water partition coefficient (Wildman–Crippen LogP) is -1.08. The summed E-state index contributed by atoms with van der Waals surface area (Å²) >= 11 is 0.